The van der Waals surface area contributed by atoms with E-state index in [0.29, 0.717) is 6.04 Å². The molecule has 1 aliphatic carbocycles. The van der Waals surface area contributed by atoms with Gasteiger partial charge in [0.25, 0.3) is 0 Å². The molecule has 1 aromatic heterocycles. The first-order valence-corrected chi connectivity index (χ1v) is 7.55. The molecule has 0 bridgehead atoms. The van der Waals surface area contributed by atoms with E-state index in [-0.39, 0.29) is 5.75 Å². The molecular formula is C12H20N4O2S. The van der Waals surface area contributed by atoms with E-state index in [0.717, 1.165) is 23.9 Å². The van der Waals surface area contributed by atoms with Crippen LogP contribution in [0.15, 0.2) is 5.16 Å². The zero-order valence-corrected chi connectivity index (χ0v) is 12.2. The number of rotatable bonds is 5. The van der Waals surface area contributed by atoms with Gasteiger partial charge >= 0.3 is 5.97 Å². The highest BCUT2D eigenvalue weighted by Crippen LogP contribution is 2.34. The highest BCUT2D eigenvalue weighted by Gasteiger charge is 2.24. The van der Waals surface area contributed by atoms with Crippen molar-refractivity contribution < 1.29 is 9.90 Å². The molecule has 0 radical (unpaired) electrons. The monoisotopic (exact) mass is 284 g/mol. The van der Waals surface area contributed by atoms with Crippen LogP contribution >= 0.6 is 11.8 Å². The van der Waals surface area contributed by atoms with Crippen molar-refractivity contribution in [3.63, 3.8) is 0 Å². The van der Waals surface area contributed by atoms with E-state index in [1.165, 1.54) is 31.0 Å². The largest absolute Gasteiger partial charge is 0.481 e. The molecule has 1 N–H and O–H groups in total. The summed E-state index contributed by atoms with van der Waals surface area (Å²) in [4.78, 5) is 12.6. The molecule has 0 saturated heterocycles. The van der Waals surface area contributed by atoms with Gasteiger partial charge in [0.05, 0.1) is 5.75 Å². The van der Waals surface area contributed by atoms with Crippen LogP contribution in [0.2, 0.25) is 0 Å². The summed E-state index contributed by atoms with van der Waals surface area (Å²) in [5.74, 6) is 0.0209. The van der Waals surface area contributed by atoms with E-state index in [2.05, 4.69) is 14.8 Å². The Morgan fingerprint density at radius 1 is 1.37 bits per heavy atom. The van der Waals surface area contributed by atoms with E-state index in [1.807, 2.05) is 19.0 Å². The first-order chi connectivity index (χ1) is 9.09. The van der Waals surface area contributed by atoms with Crippen LogP contribution in [0.1, 0.15) is 38.1 Å². The second-order valence-corrected chi connectivity index (χ2v) is 5.96. The predicted molar refractivity (Wildman–Crippen MR) is 74.8 cm³/mol. The van der Waals surface area contributed by atoms with Gasteiger partial charge in [0.2, 0.25) is 5.95 Å². The van der Waals surface area contributed by atoms with Gasteiger partial charge in [-0.3, -0.25) is 9.36 Å². The highest BCUT2D eigenvalue weighted by molar-refractivity contribution is 7.99. The summed E-state index contributed by atoms with van der Waals surface area (Å²) in [5, 5.41) is 17.9. The SMILES string of the molecule is CN(C)c1nnc(SCC(=O)O)n1C1CCCCC1. The average Bonchev–Trinajstić information content (AvgIpc) is 2.81. The minimum Gasteiger partial charge on any atom is -0.481 e. The van der Waals surface area contributed by atoms with Gasteiger partial charge in [0, 0.05) is 20.1 Å². The molecule has 2 rings (SSSR count). The van der Waals surface area contributed by atoms with E-state index in [4.69, 9.17) is 5.11 Å². The Morgan fingerprint density at radius 3 is 2.63 bits per heavy atom. The number of hydrogen-bond donors (Lipinski definition) is 1. The van der Waals surface area contributed by atoms with Crippen LogP contribution in [0.4, 0.5) is 5.95 Å². The van der Waals surface area contributed by atoms with Gasteiger partial charge in [-0.05, 0) is 12.8 Å². The van der Waals surface area contributed by atoms with Crippen LogP contribution in [-0.4, -0.2) is 45.7 Å². The number of carboxylic acid groups (broad SMARTS) is 1. The Labute approximate surface area is 117 Å². The van der Waals surface area contributed by atoms with Crippen molar-refractivity contribution in [3.05, 3.63) is 0 Å². The third-order valence-corrected chi connectivity index (χ3v) is 4.24. The second kappa shape index (κ2) is 6.27. The minimum atomic E-state index is -0.824. The highest BCUT2D eigenvalue weighted by atomic mass is 32.2. The molecule has 0 amide bonds. The number of thioether (sulfide) groups is 1. The maximum atomic E-state index is 10.7. The van der Waals surface area contributed by atoms with Crippen LogP contribution in [-0.2, 0) is 4.79 Å². The molecule has 0 aliphatic heterocycles. The lowest BCUT2D eigenvalue weighted by molar-refractivity contribution is -0.133. The van der Waals surface area contributed by atoms with Gasteiger partial charge in [0.15, 0.2) is 5.16 Å². The third kappa shape index (κ3) is 3.40. The fraction of sp³-hybridized carbons (Fsp3) is 0.750. The van der Waals surface area contributed by atoms with Gasteiger partial charge in [-0.15, -0.1) is 10.2 Å². The van der Waals surface area contributed by atoms with Crippen molar-refractivity contribution in [1.29, 1.82) is 0 Å². The molecule has 0 atom stereocenters. The maximum Gasteiger partial charge on any atom is 0.313 e. The quantitative estimate of drug-likeness (QED) is 0.834. The van der Waals surface area contributed by atoms with E-state index >= 15 is 0 Å². The molecule has 0 aromatic carbocycles. The Kier molecular flexibility index (Phi) is 4.68. The molecule has 1 fully saturated rings. The van der Waals surface area contributed by atoms with Crippen LogP contribution in [0.5, 0.6) is 0 Å². The number of hydrogen-bond acceptors (Lipinski definition) is 5. The molecule has 6 nitrogen and oxygen atoms in total. The number of carboxylic acids is 1. The molecule has 1 aromatic rings. The summed E-state index contributed by atoms with van der Waals surface area (Å²) in [6.45, 7) is 0. The summed E-state index contributed by atoms with van der Waals surface area (Å²) in [6.07, 6.45) is 5.98. The Bertz CT molecular complexity index is 441. The topological polar surface area (TPSA) is 71.2 Å². The first-order valence-electron chi connectivity index (χ1n) is 6.56. The van der Waals surface area contributed by atoms with E-state index in [9.17, 15) is 4.79 Å². The lowest BCUT2D eigenvalue weighted by Crippen LogP contribution is -2.21. The molecule has 0 unspecified atom stereocenters. The van der Waals surface area contributed by atoms with Gasteiger partial charge < -0.3 is 10.0 Å². The van der Waals surface area contributed by atoms with Crippen molar-refractivity contribution in [2.75, 3.05) is 24.7 Å². The lowest BCUT2D eigenvalue weighted by atomic mass is 9.95. The number of anilines is 1. The standard InChI is InChI=1S/C12H20N4O2S/c1-15(2)11-13-14-12(19-8-10(17)18)16(11)9-6-4-3-5-7-9/h9H,3-8H2,1-2H3,(H,17,18). The third-order valence-electron chi connectivity index (χ3n) is 3.31. The van der Waals surface area contributed by atoms with Gasteiger partial charge in [-0.25, -0.2) is 0 Å². The smallest absolute Gasteiger partial charge is 0.313 e. The second-order valence-electron chi connectivity index (χ2n) is 5.02. The number of aliphatic carboxylic acids is 1. The Balaban J connectivity index is 2.24. The Hall–Kier alpha value is -1.24. The summed E-state index contributed by atoms with van der Waals surface area (Å²) < 4.78 is 2.12. The van der Waals surface area contributed by atoms with Crippen molar-refractivity contribution in [1.82, 2.24) is 14.8 Å². The van der Waals surface area contributed by atoms with Crippen molar-refractivity contribution in [2.45, 2.75) is 43.3 Å². The summed E-state index contributed by atoms with van der Waals surface area (Å²) >= 11 is 1.25. The van der Waals surface area contributed by atoms with Gasteiger partial charge in [-0.2, -0.15) is 0 Å². The Morgan fingerprint density at radius 2 is 2.05 bits per heavy atom. The predicted octanol–water partition coefficient (Wildman–Crippen LogP) is 2.03. The average molecular weight is 284 g/mol. The van der Waals surface area contributed by atoms with Crippen molar-refractivity contribution in [2.24, 2.45) is 0 Å². The molecular weight excluding hydrogens is 264 g/mol. The molecule has 19 heavy (non-hydrogen) atoms. The maximum absolute atomic E-state index is 10.7. The molecule has 1 saturated carbocycles. The molecule has 0 spiro atoms. The van der Waals surface area contributed by atoms with Crippen LogP contribution in [0.25, 0.3) is 0 Å². The molecule has 7 heteroatoms. The normalized spacial score (nSPS) is 16.5. The number of nitrogens with zero attached hydrogens (tertiary/aromatic N) is 4. The number of carbonyl (C=O) groups is 1. The zero-order chi connectivity index (χ0) is 13.8. The van der Waals surface area contributed by atoms with Crippen molar-refractivity contribution >= 4 is 23.7 Å². The van der Waals surface area contributed by atoms with Crippen LogP contribution < -0.4 is 4.90 Å². The molecule has 1 heterocycles. The fourth-order valence-electron chi connectivity index (χ4n) is 2.46. The summed E-state index contributed by atoms with van der Waals surface area (Å²) in [7, 11) is 3.88. The van der Waals surface area contributed by atoms with E-state index < -0.39 is 5.97 Å². The fourth-order valence-corrected chi connectivity index (χ4v) is 3.18. The van der Waals surface area contributed by atoms with E-state index in [1.54, 1.807) is 0 Å². The van der Waals surface area contributed by atoms with Crippen LogP contribution in [0, 0.1) is 0 Å². The van der Waals surface area contributed by atoms with Gasteiger partial charge in [0.1, 0.15) is 0 Å². The summed E-state index contributed by atoms with van der Waals surface area (Å²) in [6, 6.07) is 0.400. The number of aromatic nitrogens is 3. The molecule has 1 aliphatic rings. The zero-order valence-electron chi connectivity index (χ0n) is 11.4. The van der Waals surface area contributed by atoms with Crippen molar-refractivity contribution in [3.8, 4) is 0 Å². The lowest BCUT2D eigenvalue weighted by Gasteiger charge is -2.26. The molecule has 106 valence electrons. The minimum absolute atomic E-state index is 0.0261. The van der Waals surface area contributed by atoms with Gasteiger partial charge in [-0.1, -0.05) is 31.0 Å². The van der Waals surface area contributed by atoms with Crippen LogP contribution in [0.3, 0.4) is 0 Å². The summed E-state index contributed by atoms with van der Waals surface area (Å²) in [5.41, 5.74) is 0. The first kappa shape index (κ1) is 14.2.